The van der Waals surface area contributed by atoms with Crippen molar-refractivity contribution in [2.45, 2.75) is 6.92 Å². The molecule has 0 aliphatic rings. The zero-order valence-electron chi connectivity index (χ0n) is 10.5. The number of fused-ring (bicyclic) bond motifs is 3. The number of hydrogen-bond acceptors (Lipinski definition) is 4. The van der Waals surface area contributed by atoms with Crippen molar-refractivity contribution < 1.29 is 4.52 Å². The molecule has 0 bridgehead atoms. The second kappa shape index (κ2) is 3.68. The van der Waals surface area contributed by atoms with Crippen molar-refractivity contribution in [3.63, 3.8) is 0 Å². The quantitative estimate of drug-likeness (QED) is 0.528. The Labute approximate surface area is 113 Å². The fraction of sp³-hybridized carbons (Fsp3) is 0.143. The second-order valence-electron chi connectivity index (χ2n) is 4.55. The monoisotopic (exact) mass is 269 g/mol. The first-order valence-electron chi connectivity index (χ1n) is 6.01. The van der Waals surface area contributed by atoms with Gasteiger partial charge in [-0.25, -0.2) is 0 Å². The van der Waals surface area contributed by atoms with Crippen LogP contribution in [0.1, 0.15) is 5.82 Å². The molecule has 19 heavy (non-hydrogen) atoms. The summed E-state index contributed by atoms with van der Waals surface area (Å²) in [5.74, 6) is 1.26. The summed E-state index contributed by atoms with van der Waals surface area (Å²) in [6.45, 7) is 1.83. The molecule has 94 valence electrons. The van der Waals surface area contributed by atoms with Crippen molar-refractivity contribution in [2.24, 2.45) is 7.05 Å². The highest BCUT2D eigenvalue weighted by Crippen LogP contribution is 2.38. The highest BCUT2D eigenvalue weighted by atomic mass is 32.1. The van der Waals surface area contributed by atoms with Crippen LogP contribution < -0.4 is 0 Å². The van der Waals surface area contributed by atoms with Gasteiger partial charge in [0.05, 0.1) is 4.88 Å². The Morgan fingerprint density at radius 3 is 2.84 bits per heavy atom. The maximum Gasteiger partial charge on any atom is 0.268 e. The fourth-order valence-corrected chi connectivity index (χ4v) is 3.50. The Balaban J connectivity index is 2.04. The summed E-state index contributed by atoms with van der Waals surface area (Å²) in [5, 5.41) is 6.35. The van der Waals surface area contributed by atoms with Gasteiger partial charge in [0.15, 0.2) is 5.82 Å². The molecule has 4 rings (SSSR count). The van der Waals surface area contributed by atoms with Gasteiger partial charge in [0, 0.05) is 23.3 Å². The third-order valence-corrected chi connectivity index (χ3v) is 4.51. The van der Waals surface area contributed by atoms with Gasteiger partial charge >= 0.3 is 0 Å². The number of rotatable bonds is 1. The Bertz CT molecular complexity index is 900. The van der Waals surface area contributed by atoms with Gasteiger partial charge in [-0.1, -0.05) is 23.4 Å². The van der Waals surface area contributed by atoms with E-state index in [2.05, 4.69) is 52.1 Å². The van der Waals surface area contributed by atoms with E-state index in [9.17, 15) is 0 Å². The minimum atomic E-state index is 0.600. The van der Waals surface area contributed by atoms with Crippen molar-refractivity contribution in [2.75, 3.05) is 0 Å². The van der Waals surface area contributed by atoms with Crippen LogP contribution in [-0.4, -0.2) is 14.7 Å². The van der Waals surface area contributed by atoms with E-state index >= 15 is 0 Å². The first-order valence-corrected chi connectivity index (χ1v) is 6.83. The summed E-state index contributed by atoms with van der Waals surface area (Å²) in [6.07, 6.45) is 0. The summed E-state index contributed by atoms with van der Waals surface area (Å²) < 4.78 is 7.45. The van der Waals surface area contributed by atoms with Crippen molar-refractivity contribution in [3.8, 4) is 10.8 Å². The zero-order valence-corrected chi connectivity index (χ0v) is 11.4. The second-order valence-corrected chi connectivity index (χ2v) is 5.58. The lowest BCUT2D eigenvalue weighted by Gasteiger charge is -1.95. The molecule has 0 unspecified atom stereocenters. The Morgan fingerprint density at radius 2 is 2.05 bits per heavy atom. The molecule has 0 saturated carbocycles. The molecule has 0 amide bonds. The van der Waals surface area contributed by atoms with E-state index in [4.69, 9.17) is 4.52 Å². The number of benzene rings is 1. The molecule has 5 heteroatoms. The van der Waals surface area contributed by atoms with Gasteiger partial charge < -0.3 is 9.09 Å². The van der Waals surface area contributed by atoms with E-state index in [1.54, 1.807) is 11.3 Å². The van der Waals surface area contributed by atoms with E-state index in [0.29, 0.717) is 11.7 Å². The molecule has 0 saturated heterocycles. The van der Waals surface area contributed by atoms with Crippen LogP contribution in [0.25, 0.3) is 31.9 Å². The van der Waals surface area contributed by atoms with Gasteiger partial charge in [-0.05, 0) is 19.1 Å². The molecule has 0 fully saturated rings. The summed E-state index contributed by atoms with van der Waals surface area (Å²) in [5.41, 5.74) is 1.25. The lowest BCUT2D eigenvalue weighted by atomic mass is 10.2. The van der Waals surface area contributed by atoms with Gasteiger partial charge in [-0.15, -0.1) is 11.3 Å². The van der Waals surface area contributed by atoms with Gasteiger partial charge in [-0.3, -0.25) is 0 Å². The highest BCUT2D eigenvalue weighted by Gasteiger charge is 2.15. The van der Waals surface area contributed by atoms with Gasteiger partial charge in [-0.2, -0.15) is 4.98 Å². The van der Waals surface area contributed by atoms with Gasteiger partial charge in [0.2, 0.25) is 0 Å². The predicted octanol–water partition coefficient (Wildman–Crippen LogP) is 3.75. The molecule has 4 nitrogen and oxygen atoms in total. The summed E-state index contributed by atoms with van der Waals surface area (Å²) >= 11 is 1.68. The molecule has 0 N–H and O–H groups in total. The third-order valence-electron chi connectivity index (χ3n) is 3.31. The standard InChI is InChI=1S/C14H11N3OS/c1-8-15-13(18-16-8)12-7-10-9-5-3-4-6-11(9)17(2)14(10)19-12/h3-7H,1-2H3. The highest BCUT2D eigenvalue weighted by molar-refractivity contribution is 7.22. The van der Waals surface area contributed by atoms with Crippen molar-refractivity contribution in [3.05, 3.63) is 36.2 Å². The topological polar surface area (TPSA) is 43.9 Å². The number of hydrogen-bond donors (Lipinski definition) is 0. The molecule has 3 aromatic heterocycles. The van der Waals surface area contributed by atoms with E-state index in [0.717, 1.165) is 4.88 Å². The first kappa shape index (κ1) is 10.8. The predicted molar refractivity (Wildman–Crippen MR) is 76.3 cm³/mol. The molecule has 0 atom stereocenters. The van der Waals surface area contributed by atoms with Crippen LogP contribution in [0, 0.1) is 6.92 Å². The maximum absolute atomic E-state index is 5.24. The summed E-state index contributed by atoms with van der Waals surface area (Å²) in [4.78, 5) is 6.54. The Kier molecular flexibility index (Phi) is 2.08. The van der Waals surface area contributed by atoms with Gasteiger partial charge in [0.25, 0.3) is 5.89 Å². The van der Waals surface area contributed by atoms with E-state index in [1.807, 2.05) is 6.92 Å². The SMILES string of the molecule is Cc1noc(-c2cc3c4ccccc4n(C)c3s2)n1. The molecule has 3 heterocycles. The third kappa shape index (κ3) is 1.45. The van der Waals surface area contributed by atoms with Crippen LogP contribution in [0.5, 0.6) is 0 Å². The first-order chi connectivity index (χ1) is 9.24. The number of aryl methyl sites for hydroxylation is 2. The van der Waals surface area contributed by atoms with E-state index < -0.39 is 0 Å². The molecule has 0 radical (unpaired) electrons. The minimum absolute atomic E-state index is 0.600. The van der Waals surface area contributed by atoms with Crippen LogP contribution in [0.4, 0.5) is 0 Å². The van der Waals surface area contributed by atoms with E-state index in [-0.39, 0.29) is 0 Å². The Hall–Kier alpha value is -2.14. The van der Waals surface area contributed by atoms with Crippen molar-refractivity contribution >= 4 is 32.5 Å². The largest absolute Gasteiger partial charge is 0.335 e. The average Bonchev–Trinajstić information content (AvgIpc) is 3.08. The Morgan fingerprint density at radius 1 is 1.21 bits per heavy atom. The molecular weight excluding hydrogens is 258 g/mol. The summed E-state index contributed by atoms with van der Waals surface area (Å²) in [7, 11) is 2.09. The lowest BCUT2D eigenvalue weighted by molar-refractivity contribution is 0.426. The van der Waals surface area contributed by atoms with Crippen LogP contribution >= 0.6 is 11.3 Å². The van der Waals surface area contributed by atoms with Crippen LogP contribution in [-0.2, 0) is 7.05 Å². The number of nitrogens with zero attached hydrogens (tertiary/aromatic N) is 3. The number of thiophene rings is 1. The minimum Gasteiger partial charge on any atom is -0.335 e. The smallest absolute Gasteiger partial charge is 0.268 e. The number of aromatic nitrogens is 3. The molecular formula is C14H11N3OS. The molecule has 0 aliphatic heterocycles. The molecule has 1 aromatic carbocycles. The maximum atomic E-state index is 5.24. The molecule has 0 aliphatic carbocycles. The normalized spacial score (nSPS) is 11.7. The zero-order chi connectivity index (χ0) is 13.0. The van der Waals surface area contributed by atoms with E-state index in [1.165, 1.54) is 21.1 Å². The van der Waals surface area contributed by atoms with Crippen molar-refractivity contribution in [1.29, 1.82) is 0 Å². The van der Waals surface area contributed by atoms with Gasteiger partial charge in [0.1, 0.15) is 4.83 Å². The van der Waals surface area contributed by atoms with Crippen LogP contribution in [0.2, 0.25) is 0 Å². The fourth-order valence-electron chi connectivity index (χ4n) is 2.43. The van der Waals surface area contributed by atoms with Crippen LogP contribution in [0.15, 0.2) is 34.9 Å². The summed E-state index contributed by atoms with van der Waals surface area (Å²) in [6, 6.07) is 10.5. The average molecular weight is 269 g/mol. The molecule has 4 aromatic rings. The van der Waals surface area contributed by atoms with Crippen LogP contribution in [0.3, 0.4) is 0 Å². The number of para-hydroxylation sites is 1. The lowest BCUT2D eigenvalue weighted by Crippen LogP contribution is -1.83. The molecule has 0 spiro atoms. The van der Waals surface area contributed by atoms with Crippen molar-refractivity contribution in [1.82, 2.24) is 14.7 Å².